The minimum Gasteiger partial charge on any atom is -0.484 e. The zero-order valence-corrected chi connectivity index (χ0v) is 11.0. The molecule has 18 heavy (non-hydrogen) atoms. The maximum atomic E-state index is 11.6. The summed E-state index contributed by atoms with van der Waals surface area (Å²) in [7, 11) is 1.77. The maximum Gasteiger partial charge on any atom is 0.260 e. The predicted molar refractivity (Wildman–Crippen MR) is 70.5 cm³/mol. The zero-order chi connectivity index (χ0) is 13.1. The van der Waals surface area contributed by atoms with E-state index in [0.29, 0.717) is 6.54 Å². The summed E-state index contributed by atoms with van der Waals surface area (Å²) < 4.78 is 5.52. The first-order valence-electron chi connectivity index (χ1n) is 6.37. The fraction of sp³-hybridized carbons (Fsp3) is 0.500. The third kappa shape index (κ3) is 2.64. The van der Waals surface area contributed by atoms with Crippen molar-refractivity contribution in [2.75, 3.05) is 20.2 Å². The largest absolute Gasteiger partial charge is 0.484 e. The molecule has 4 heteroatoms. The Kier molecular flexibility index (Phi) is 3.87. The first-order valence-corrected chi connectivity index (χ1v) is 6.37. The Morgan fingerprint density at radius 3 is 3.06 bits per heavy atom. The van der Waals surface area contributed by atoms with Crippen LogP contribution in [0.3, 0.4) is 0 Å². The van der Waals surface area contributed by atoms with E-state index in [1.807, 2.05) is 25.1 Å². The number of rotatable bonds is 4. The fourth-order valence-corrected chi connectivity index (χ4v) is 2.15. The van der Waals surface area contributed by atoms with Crippen LogP contribution in [0.1, 0.15) is 30.5 Å². The van der Waals surface area contributed by atoms with Crippen LogP contribution in [0, 0.1) is 0 Å². The van der Waals surface area contributed by atoms with Crippen LogP contribution in [0.4, 0.5) is 0 Å². The lowest BCUT2D eigenvalue weighted by Gasteiger charge is -2.15. The molecule has 0 bridgehead atoms. The second-order valence-electron chi connectivity index (χ2n) is 4.70. The number of aryl methyl sites for hydroxylation is 1. The minimum absolute atomic E-state index is 0.00491. The quantitative estimate of drug-likeness (QED) is 0.878. The van der Waals surface area contributed by atoms with E-state index in [2.05, 4.69) is 0 Å². The van der Waals surface area contributed by atoms with Crippen LogP contribution < -0.4 is 10.5 Å². The maximum absolute atomic E-state index is 11.6. The van der Waals surface area contributed by atoms with Gasteiger partial charge >= 0.3 is 0 Å². The number of likely N-dealkylation sites (N-methyl/N-ethyl adjacent to an activating group) is 1. The Labute approximate surface area is 108 Å². The van der Waals surface area contributed by atoms with Gasteiger partial charge in [0.15, 0.2) is 6.61 Å². The van der Waals surface area contributed by atoms with Crippen LogP contribution in [0.2, 0.25) is 0 Å². The van der Waals surface area contributed by atoms with Crippen molar-refractivity contribution in [1.29, 1.82) is 0 Å². The summed E-state index contributed by atoms with van der Waals surface area (Å²) in [5.74, 6) is 0.746. The van der Waals surface area contributed by atoms with Gasteiger partial charge in [-0.1, -0.05) is 6.07 Å². The number of carbonyl (C=O) groups excluding carboxylic acids is 1. The zero-order valence-electron chi connectivity index (χ0n) is 11.0. The Hall–Kier alpha value is -1.55. The fourth-order valence-electron chi connectivity index (χ4n) is 2.15. The highest BCUT2D eigenvalue weighted by Gasteiger charge is 2.19. The van der Waals surface area contributed by atoms with Crippen molar-refractivity contribution in [3.8, 4) is 5.75 Å². The van der Waals surface area contributed by atoms with Crippen molar-refractivity contribution in [1.82, 2.24) is 4.90 Å². The molecule has 0 aliphatic heterocycles. The lowest BCUT2D eigenvalue weighted by atomic mass is 10.1. The van der Waals surface area contributed by atoms with Gasteiger partial charge in [0.05, 0.1) is 0 Å². The molecule has 98 valence electrons. The number of ether oxygens (including phenoxy) is 1. The lowest BCUT2D eigenvalue weighted by Crippen LogP contribution is -2.31. The number of hydrogen-bond donors (Lipinski definition) is 1. The van der Waals surface area contributed by atoms with E-state index in [-0.39, 0.29) is 18.6 Å². The number of amides is 1. The molecule has 0 radical (unpaired) electrons. The highest BCUT2D eigenvalue weighted by Crippen LogP contribution is 2.31. The molecule has 1 aliphatic carbocycles. The molecule has 1 aromatic carbocycles. The first-order chi connectivity index (χ1) is 8.61. The predicted octanol–water partition coefficient (Wildman–Crippen LogP) is 1.49. The van der Waals surface area contributed by atoms with Crippen molar-refractivity contribution >= 4 is 5.91 Å². The Morgan fingerprint density at radius 2 is 2.33 bits per heavy atom. The molecule has 2 N–H and O–H groups in total. The van der Waals surface area contributed by atoms with Crippen molar-refractivity contribution in [2.24, 2.45) is 5.73 Å². The minimum atomic E-state index is -0.00491. The molecular formula is C14H20N2O2. The molecule has 1 atom stereocenters. The van der Waals surface area contributed by atoms with Crippen LogP contribution >= 0.6 is 0 Å². The van der Waals surface area contributed by atoms with E-state index in [9.17, 15) is 4.79 Å². The summed E-state index contributed by atoms with van der Waals surface area (Å²) in [4.78, 5) is 13.3. The number of carbonyl (C=O) groups is 1. The number of nitrogens with zero attached hydrogens (tertiary/aromatic N) is 1. The van der Waals surface area contributed by atoms with E-state index in [1.54, 1.807) is 11.9 Å². The SMILES string of the molecule is CCN(C)C(=O)COc1ccc2c(c1)CC[C@H]2N. The molecule has 0 fully saturated rings. The van der Waals surface area contributed by atoms with E-state index in [1.165, 1.54) is 11.1 Å². The van der Waals surface area contributed by atoms with Gasteiger partial charge in [0, 0.05) is 19.6 Å². The van der Waals surface area contributed by atoms with Crippen molar-refractivity contribution in [3.05, 3.63) is 29.3 Å². The van der Waals surface area contributed by atoms with Crippen molar-refractivity contribution in [3.63, 3.8) is 0 Å². The molecular weight excluding hydrogens is 228 g/mol. The monoisotopic (exact) mass is 248 g/mol. The van der Waals surface area contributed by atoms with Gasteiger partial charge in [-0.3, -0.25) is 4.79 Å². The standard InChI is InChI=1S/C14H20N2O2/c1-3-16(2)14(17)9-18-11-5-6-12-10(8-11)4-7-13(12)15/h5-6,8,13H,3-4,7,9,15H2,1-2H3/t13-/m1/s1. The van der Waals surface area contributed by atoms with Crippen LogP contribution in [-0.2, 0) is 11.2 Å². The Balaban J connectivity index is 1.97. The number of nitrogens with two attached hydrogens (primary N) is 1. The highest BCUT2D eigenvalue weighted by atomic mass is 16.5. The first kappa shape index (κ1) is 12.9. The lowest BCUT2D eigenvalue weighted by molar-refractivity contribution is -0.131. The normalized spacial score (nSPS) is 17.4. The van der Waals surface area contributed by atoms with Crippen molar-refractivity contribution in [2.45, 2.75) is 25.8 Å². The molecule has 0 unspecified atom stereocenters. The third-order valence-electron chi connectivity index (χ3n) is 3.50. The molecule has 2 rings (SSSR count). The second-order valence-corrected chi connectivity index (χ2v) is 4.70. The smallest absolute Gasteiger partial charge is 0.260 e. The van der Waals surface area contributed by atoms with Gasteiger partial charge in [0.25, 0.3) is 5.91 Å². The number of hydrogen-bond acceptors (Lipinski definition) is 3. The Bertz CT molecular complexity index is 445. The van der Waals surface area contributed by atoms with Gasteiger partial charge in [-0.25, -0.2) is 0 Å². The van der Waals surface area contributed by atoms with Gasteiger partial charge in [-0.05, 0) is 43.0 Å². The summed E-state index contributed by atoms with van der Waals surface area (Å²) >= 11 is 0. The van der Waals surface area contributed by atoms with E-state index in [0.717, 1.165) is 18.6 Å². The van der Waals surface area contributed by atoms with Crippen molar-refractivity contribution < 1.29 is 9.53 Å². The van der Waals surface area contributed by atoms with Gasteiger partial charge < -0.3 is 15.4 Å². The topological polar surface area (TPSA) is 55.6 Å². The summed E-state index contributed by atoms with van der Waals surface area (Å²) in [6.45, 7) is 2.73. The highest BCUT2D eigenvalue weighted by molar-refractivity contribution is 5.77. The van der Waals surface area contributed by atoms with Gasteiger partial charge in [0.1, 0.15) is 5.75 Å². The van der Waals surface area contributed by atoms with Gasteiger partial charge in [-0.15, -0.1) is 0 Å². The Morgan fingerprint density at radius 1 is 1.56 bits per heavy atom. The van der Waals surface area contributed by atoms with E-state index < -0.39 is 0 Å². The number of fused-ring (bicyclic) bond motifs is 1. The van der Waals surface area contributed by atoms with Crippen LogP contribution in [-0.4, -0.2) is 31.0 Å². The molecule has 4 nitrogen and oxygen atoms in total. The summed E-state index contributed by atoms with van der Waals surface area (Å²) in [6, 6.07) is 6.06. The van der Waals surface area contributed by atoms with Crippen LogP contribution in [0.25, 0.3) is 0 Å². The second kappa shape index (κ2) is 5.40. The average molecular weight is 248 g/mol. The molecule has 1 aromatic rings. The van der Waals surface area contributed by atoms with Crippen LogP contribution in [0.15, 0.2) is 18.2 Å². The van der Waals surface area contributed by atoms with Gasteiger partial charge in [0.2, 0.25) is 0 Å². The van der Waals surface area contributed by atoms with E-state index in [4.69, 9.17) is 10.5 Å². The van der Waals surface area contributed by atoms with E-state index >= 15 is 0 Å². The summed E-state index contributed by atoms with van der Waals surface area (Å²) in [5.41, 5.74) is 8.43. The molecule has 0 heterocycles. The van der Waals surface area contributed by atoms with Crippen LogP contribution in [0.5, 0.6) is 5.75 Å². The average Bonchev–Trinajstić information content (AvgIpc) is 2.76. The number of benzene rings is 1. The summed E-state index contributed by atoms with van der Waals surface area (Å²) in [5, 5.41) is 0. The molecule has 0 spiro atoms. The summed E-state index contributed by atoms with van der Waals surface area (Å²) in [6.07, 6.45) is 1.99. The third-order valence-corrected chi connectivity index (χ3v) is 3.50. The molecule has 1 amide bonds. The molecule has 0 saturated carbocycles. The van der Waals surface area contributed by atoms with Gasteiger partial charge in [-0.2, -0.15) is 0 Å². The molecule has 1 aliphatic rings. The molecule has 0 aromatic heterocycles. The molecule has 0 saturated heterocycles.